The first-order valence-electron chi connectivity index (χ1n) is 9.44. The van der Waals surface area contributed by atoms with Crippen LogP contribution in [0.2, 0.25) is 0 Å². The maximum Gasteiger partial charge on any atom is 0.422 e. The van der Waals surface area contributed by atoms with E-state index < -0.39 is 11.7 Å². The van der Waals surface area contributed by atoms with Crippen molar-refractivity contribution in [2.75, 3.05) is 4.90 Å². The lowest BCUT2D eigenvalue weighted by molar-refractivity contribution is 0.0481. The lowest BCUT2D eigenvalue weighted by Gasteiger charge is -2.41. The Balaban J connectivity index is 1.86. The highest BCUT2D eigenvalue weighted by molar-refractivity contribution is 5.67. The molecule has 146 valence electrons. The van der Waals surface area contributed by atoms with Crippen LogP contribution >= 0.6 is 0 Å². The Kier molecular flexibility index (Phi) is 6.87. The van der Waals surface area contributed by atoms with Crippen molar-refractivity contribution >= 4 is 11.8 Å². The van der Waals surface area contributed by atoms with Crippen LogP contribution in [0.15, 0.2) is 24.3 Å². The predicted molar refractivity (Wildman–Crippen MR) is 103 cm³/mol. The van der Waals surface area contributed by atoms with Gasteiger partial charge in [-0.15, -0.1) is 0 Å². The summed E-state index contributed by atoms with van der Waals surface area (Å²) in [6, 6.07) is 7.73. The fourth-order valence-corrected chi connectivity index (χ4v) is 3.51. The van der Waals surface area contributed by atoms with E-state index >= 15 is 0 Å². The molecule has 0 radical (unpaired) electrons. The molecule has 1 aliphatic rings. The molecule has 0 atom stereocenters. The molecule has 0 aromatic heterocycles. The number of ether oxygens (including phenoxy) is 1. The van der Waals surface area contributed by atoms with Crippen LogP contribution in [0.3, 0.4) is 0 Å². The van der Waals surface area contributed by atoms with Crippen LogP contribution in [0.1, 0.15) is 60.3 Å². The highest BCUT2D eigenvalue weighted by Crippen LogP contribution is 2.29. The van der Waals surface area contributed by atoms with Crippen LogP contribution in [0.25, 0.3) is 0 Å². The van der Waals surface area contributed by atoms with E-state index in [0.717, 1.165) is 31.4 Å². The van der Waals surface area contributed by atoms with E-state index in [-0.39, 0.29) is 11.9 Å². The molecule has 0 unspecified atom stereocenters. The molecule has 1 fully saturated rings. The molecule has 0 saturated heterocycles. The molecular formula is C20H32FN3O2. The summed E-state index contributed by atoms with van der Waals surface area (Å²) >= 11 is 0. The maximum absolute atomic E-state index is 13.2. The number of halogens is 1. The highest BCUT2D eigenvalue weighted by Gasteiger charge is 2.28. The summed E-state index contributed by atoms with van der Waals surface area (Å²) in [5, 5.41) is 0. The van der Waals surface area contributed by atoms with Gasteiger partial charge in [-0.05, 0) is 84.6 Å². The third kappa shape index (κ3) is 6.16. The summed E-state index contributed by atoms with van der Waals surface area (Å²) in [5.74, 6) is -0.210. The van der Waals surface area contributed by atoms with Gasteiger partial charge in [0.25, 0.3) is 0 Å². The lowest BCUT2D eigenvalue weighted by atomic mass is 9.89. The normalized spacial score (nSPS) is 20.7. The average molecular weight is 365 g/mol. The molecule has 0 aliphatic heterocycles. The molecule has 6 heteroatoms. The number of benzene rings is 1. The predicted octanol–water partition coefficient (Wildman–Crippen LogP) is 4.38. The van der Waals surface area contributed by atoms with Crippen LogP contribution in [0.5, 0.6) is 0 Å². The molecule has 2 N–H and O–H groups in total. The Bertz CT molecular complexity index is 576. The second-order valence-corrected chi connectivity index (χ2v) is 8.25. The molecule has 1 aliphatic carbocycles. The molecule has 0 bridgehead atoms. The number of nitrogens with zero attached hydrogens (tertiary/aromatic N) is 1. The Morgan fingerprint density at radius 3 is 2.23 bits per heavy atom. The minimum atomic E-state index is -0.504. The summed E-state index contributed by atoms with van der Waals surface area (Å²) in [7, 11) is 0. The molecule has 1 aromatic carbocycles. The molecule has 0 heterocycles. The second-order valence-electron chi connectivity index (χ2n) is 8.25. The fraction of sp³-hybridized carbons (Fsp3) is 0.650. The van der Waals surface area contributed by atoms with Gasteiger partial charge in [-0.2, -0.15) is 0 Å². The van der Waals surface area contributed by atoms with Crippen LogP contribution in [-0.4, -0.2) is 29.8 Å². The zero-order valence-corrected chi connectivity index (χ0v) is 16.5. The van der Waals surface area contributed by atoms with Crippen LogP contribution in [-0.2, 0) is 4.74 Å². The molecular weight excluding hydrogens is 333 g/mol. The number of anilines is 1. The standard InChI is InChI=1S/C20H32FN3O2/c1-14(2)24(17-10-6-15(21)7-11-17)18-12-8-16(9-13-18)22-23-19(25)26-20(3,4)5/h6-7,10-11,14,16,18,22H,8-9,12-13H2,1-5H3,(H,23,25). The highest BCUT2D eigenvalue weighted by atomic mass is 19.1. The zero-order chi connectivity index (χ0) is 19.3. The molecule has 5 nitrogen and oxygen atoms in total. The van der Waals surface area contributed by atoms with Crippen LogP contribution < -0.4 is 15.8 Å². The van der Waals surface area contributed by atoms with Crippen molar-refractivity contribution in [3.8, 4) is 0 Å². The van der Waals surface area contributed by atoms with E-state index in [9.17, 15) is 9.18 Å². The molecule has 1 amide bonds. The van der Waals surface area contributed by atoms with Gasteiger partial charge in [-0.25, -0.2) is 14.6 Å². The Hall–Kier alpha value is -1.82. The number of nitrogens with one attached hydrogen (secondary N) is 2. The maximum atomic E-state index is 13.2. The minimum absolute atomic E-state index is 0.210. The van der Waals surface area contributed by atoms with Crippen molar-refractivity contribution in [2.45, 2.75) is 84.0 Å². The van der Waals surface area contributed by atoms with Gasteiger partial charge in [0.1, 0.15) is 11.4 Å². The molecule has 0 spiro atoms. The number of carbonyl (C=O) groups is 1. The number of hydrazine groups is 1. The second kappa shape index (κ2) is 8.71. The Morgan fingerprint density at radius 1 is 1.15 bits per heavy atom. The lowest BCUT2D eigenvalue weighted by Crippen LogP contribution is -2.50. The number of hydrogen-bond donors (Lipinski definition) is 2. The van der Waals surface area contributed by atoms with E-state index in [1.165, 1.54) is 12.1 Å². The largest absolute Gasteiger partial charge is 0.443 e. The third-order valence-electron chi connectivity index (χ3n) is 4.55. The zero-order valence-electron chi connectivity index (χ0n) is 16.5. The Labute approximate surface area is 156 Å². The molecule has 1 saturated carbocycles. The van der Waals surface area contributed by atoms with Crippen molar-refractivity contribution in [3.63, 3.8) is 0 Å². The molecule has 1 aromatic rings. The topological polar surface area (TPSA) is 53.6 Å². The number of amides is 1. The smallest absolute Gasteiger partial charge is 0.422 e. The van der Waals surface area contributed by atoms with Gasteiger partial charge in [-0.3, -0.25) is 5.43 Å². The van der Waals surface area contributed by atoms with E-state index in [1.807, 2.05) is 32.9 Å². The van der Waals surface area contributed by atoms with Gasteiger partial charge < -0.3 is 9.64 Å². The van der Waals surface area contributed by atoms with Crippen molar-refractivity contribution in [1.82, 2.24) is 10.9 Å². The first kappa shape index (κ1) is 20.5. The van der Waals surface area contributed by atoms with Gasteiger partial charge in [-0.1, -0.05) is 0 Å². The number of rotatable bonds is 5. The minimum Gasteiger partial charge on any atom is -0.443 e. The number of carbonyl (C=O) groups excluding carboxylic acids is 1. The van der Waals surface area contributed by atoms with Gasteiger partial charge in [0, 0.05) is 23.8 Å². The van der Waals surface area contributed by atoms with Crippen molar-refractivity contribution in [2.24, 2.45) is 0 Å². The summed E-state index contributed by atoms with van der Waals surface area (Å²) in [6.07, 6.45) is 3.51. The summed E-state index contributed by atoms with van der Waals surface area (Å²) in [4.78, 5) is 14.1. The third-order valence-corrected chi connectivity index (χ3v) is 4.55. The summed E-state index contributed by atoms with van der Waals surface area (Å²) < 4.78 is 18.5. The van der Waals surface area contributed by atoms with Crippen molar-refractivity contribution < 1.29 is 13.9 Å². The van der Waals surface area contributed by atoms with Crippen molar-refractivity contribution in [3.05, 3.63) is 30.1 Å². The Morgan fingerprint density at radius 2 is 1.73 bits per heavy atom. The molecule has 2 rings (SSSR count). The number of hydrogen-bond acceptors (Lipinski definition) is 4. The van der Waals surface area contributed by atoms with Crippen molar-refractivity contribution in [1.29, 1.82) is 0 Å². The van der Waals surface area contributed by atoms with E-state index in [2.05, 4.69) is 29.6 Å². The van der Waals surface area contributed by atoms with E-state index in [1.54, 1.807) is 0 Å². The first-order valence-corrected chi connectivity index (χ1v) is 9.44. The van der Waals surface area contributed by atoms with E-state index in [4.69, 9.17) is 4.74 Å². The van der Waals surface area contributed by atoms with Gasteiger partial charge in [0.05, 0.1) is 0 Å². The SMILES string of the molecule is CC(C)N(c1ccc(F)cc1)C1CCC(NNC(=O)OC(C)(C)C)CC1. The average Bonchev–Trinajstić information content (AvgIpc) is 2.54. The van der Waals surface area contributed by atoms with E-state index in [0.29, 0.717) is 12.1 Å². The van der Waals surface area contributed by atoms with Crippen LogP contribution in [0, 0.1) is 5.82 Å². The summed E-state index contributed by atoms with van der Waals surface area (Å²) in [6.45, 7) is 9.85. The van der Waals surface area contributed by atoms with Gasteiger partial charge >= 0.3 is 6.09 Å². The van der Waals surface area contributed by atoms with Gasteiger partial charge in [0.15, 0.2) is 0 Å². The van der Waals surface area contributed by atoms with Crippen LogP contribution in [0.4, 0.5) is 14.9 Å². The fourth-order valence-electron chi connectivity index (χ4n) is 3.51. The monoisotopic (exact) mass is 365 g/mol. The quantitative estimate of drug-likeness (QED) is 0.760. The summed E-state index contributed by atoms with van der Waals surface area (Å²) in [5.41, 5.74) is 6.29. The van der Waals surface area contributed by atoms with Gasteiger partial charge in [0.2, 0.25) is 0 Å². The first-order chi connectivity index (χ1) is 12.2. The molecule has 26 heavy (non-hydrogen) atoms.